The second kappa shape index (κ2) is 8.80. The third-order valence-electron chi connectivity index (χ3n) is 4.22. The van der Waals surface area contributed by atoms with E-state index >= 15 is 0 Å². The molecule has 8 heteroatoms. The molecule has 1 amide bonds. The normalized spacial score (nSPS) is 16.9. The fourth-order valence-corrected chi connectivity index (χ4v) is 4.08. The average Bonchev–Trinajstić information content (AvgIpc) is 2.54. The van der Waals surface area contributed by atoms with Crippen LogP contribution in [-0.4, -0.2) is 45.0 Å². The topological polar surface area (TPSA) is 84.5 Å². The minimum Gasteiger partial charge on any atom is -0.377 e. The van der Waals surface area contributed by atoms with Gasteiger partial charge in [-0.2, -0.15) is 0 Å². The van der Waals surface area contributed by atoms with Crippen LogP contribution in [0.5, 0.6) is 0 Å². The first kappa shape index (κ1) is 20.9. The zero-order valence-electron chi connectivity index (χ0n) is 14.0. The predicted molar refractivity (Wildman–Crippen MR) is 97.3 cm³/mol. The quantitative estimate of drug-likeness (QED) is 0.790. The molecule has 2 rings (SSSR count). The molecule has 0 aliphatic carbocycles. The Bertz CT molecular complexity index is 641. The van der Waals surface area contributed by atoms with E-state index in [1.165, 1.54) is 0 Å². The summed E-state index contributed by atoms with van der Waals surface area (Å²) in [5, 5.41) is 5.85. The number of carbonyl (C=O) groups excluding carboxylic acids is 1. The molecular weight excluding hydrogens is 352 g/mol. The largest absolute Gasteiger partial charge is 0.377 e. The number of benzene rings is 1. The van der Waals surface area contributed by atoms with Gasteiger partial charge in [0.15, 0.2) is 14.6 Å². The van der Waals surface area contributed by atoms with Crippen LogP contribution in [0.15, 0.2) is 24.3 Å². The van der Waals surface area contributed by atoms with Gasteiger partial charge in [-0.25, -0.2) is 8.42 Å². The molecule has 0 aromatic heterocycles. The van der Waals surface area contributed by atoms with E-state index in [-0.39, 0.29) is 12.4 Å². The molecule has 0 saturated carbocycles. The van der Waals surface area contributed by atoms with E-state index < -0.39 is 20.5 Å². The summed E-state index contributed by atoms with van der Waals surface area (Å²) in [6.45, 7) is 4.13. The zero-order valence-corrected chi connectivity index (χ0v) is 15.6. The third-order valence-corrected chi connectivity index (χ3v) is 6.23. The van der Waals surface area contributed by atoms with E-state index in [9.17, 15) is 13.2 Å². The molecule has 1 aromatic carbocycles. The number of hydrogen-bond acceptors (Lipinski definition) is 5. The summed E-state index contributed by atoms with van der Waals surface area (Å²) in [7, 11) is -3.50. The smallest absolute Gasteiger partial charge is 0.245 e. The van der Waals surface area contributed by atoms with Gasteiger partial charge >= 0.3 is 0 Å². The minimum absolute atomic E-state index is 0. The highest BCUT2D eigenvalue weighted by Crippen LogP contribution is 2.29. The maximum Gasteiger partial charge on any atom is 0.245 e. The number of nitrogens with one attached hydrogen (secondary N) is 2. The Morgan fingerprint density at radius 2 is 1.83 bits per heavy atom. The number of carbonyl (C=O) groups is 1. The number of halogens is 1. The predicted octanol–water partition coefficient (Wildman–Crippen LogP) is 1.75. The number of ether oxygens (including phenoxy) is 1. The van der Waals surface area contributed by atoms with Crippen molar-refractivity contribution in [2.45, 2.75) is 31.1 Å². The SMILES string of the molecule is CCOCc1ccc(NC(=O)C2(S(C)(=O)=O)CCNCC2)cc1.Cl. The van der Waals surface area contributed by atoms with Crippen LogP contribution >= 0.6 is 12.4 Å². The first-order valence-corrected chi connectivity index (χ1v) is 9.66. The fraction of sp³-hybridized carbons (Fsp3) is 0.562. The summed E-state index contributed by atoms with van der Waals surface area (Å²) in [4.78, 5) is 12.7. The van der Waals surface area contributed by atoms with Crippen LogP contribution in [0.2, 0.25) is 0 Å². The van der Waals surface area contributed by atoms with Crippen molar-refractivity contribution in [3.63, 3.8) is 0 Å². The van der Waals surface area contributed by atoms with Crippen molar-refractivity contribution < 1.29 is 17.9 Å². The molecule has 1 aliphatic heterocycles. The van der Waals surface area contributed by atoms with Crippen LogP contribution in [0.1, 0.15) is 25.3 Å². The van der Waals surface area contributed by atoms with Crippen LogP contribution in [0.3, 0.4) is 0 Å². The van der Waals surface area contributed by atoms with Gasteiger partial charge in [-0.1, -0.05) is 12.1 Å². The molecule has 1 fully saturated rings. The number of amides is 1. The maximum absolute atomic E-state index is 12.7. The highest BCUT2D eigenvalue weighted by Gasteiger charge is 2.48. The molecule has 1 saturated heterocycles. The van der Waals surface area contributed by atoms with Crippen LogP contribution < -0.4 is 10.6 Å². The first-order valence-electron chi connectivity index (χ1n) is 7.77. The summed E-state index contributed by atoms with van der Waals surface area (Å²) in [5.41, 5.74) is 1.60. The summed E-state index contributed by atoms with van der Waals surface area (Å²) in [5.74, 6) is -0.445. The van der Waals surface area contributed by atoms with E-state index in [2.05, 4.69) is 10.6 Å². The molecule has 0 spiro atoms. The van der Waals surface area contributed by atoms with E-state index in [1.807, 2.05) is 19.1 Å². The Hall–Kier alpha value is -1.15. The summed E-state index contributed by atoms with van der Waals surface area (Å²) >= 11 is 0. The minimum atomic E-state index is -3.50. The molecule has 0 bridgehead atoms. The van der Waals surface area contributed by atoms with Crippen molar-refractivity contribution in [3.05, 3.63) is 29.8 Å². The number of piperidine rings is 1. The lowest BCUT2D eigenvalue weighted by atomic mass is 9.95. The highest BCUT2D eigenvalue weighted by atomic mass is 35.5. The number of hydrogen-bond donors (Lipinski definition) is 2. The second-order valence-corrected chi connectivity index (χ2v) is 8.13. The van der Waals surface area contributed by atoms with E-state index in [1.54, 1.807) is 12.1 Å². The van der Waals surface area contributed by atoms with Gasteiger partial charge in [0.25, 0.3) is 0 Å². The van der Waals surface area contributed by atoms with Crippen LogP contribution in [0.4, 0.5) is 5.69 Å². The molecule has 2 N–H and O–H groups in total. The Kier molecular flexibility index (Phi) is 7.66. The van der Waals surface area contributed by atoms with Gasteiger partial charge in [-0.3, -0.25) is 4.79 Å². The maximum atomic E-state index is 12.7. The Balaban J connectivity index is 0.00000288. The van der Waals surface area contributed by atoms with Crippen molar-refractivity contribution >= 4 is 33.8 Å². The zero-order chi connectivity index (χ0) is 16.9. The molecule has 0 atom stereocenters. The molecular formula is C16H25ClN2O4S. The van der Waals surface area contributed by atoms with Gasteiger partial charge in [-0.15, -0.1) is 12.4 Å². The lowest BCUT2D eigenvalue weighted by molar-refractivity contribution is -0.119. The molecule has 6 nitrogen and oxygen atoms in total. The van der Waals surface area contributed by atoms with Crippen molar-refractivity contribution in [1.82, 2.24) is 5.32 Å². The Morgan fingerprint density at radius 1 is 1.25 bits per heavy atom. The molecule has 0 unspecified atom stereocenters. The van der Waals surface area contributed by atoms with Crippen molar-refractivity contribution in [2.24, 2.45) is 0 Å². The molecule has 1 heterocycles. The molecule has 1 aromatic rings. The van der Waals surface area contributed by atoms with E-state index in [0.717, 1.165) is 11.8 Å². The van der Waals surface area contributed by atoms with Crippen LogP contribution in [0, 0.1) is 0 Å². The van der Waals surface area contributed by atoms with Gasteiger partial charge in [-0.05, 0) is 50.6 Å². The van der Waals surface area contributed by atoms with Gasteiger partial charge in [0, 0.05) is 18.6 Å². The van der Waals surface area contributed by atoms with E-state index in [0.29, 0.717) is 44.8 Å². The lowest BCUT2D eigenvalue weighted by Gasteiger charge is -2.34. The standard InChI is InChI=1S/C16H24N2O4S.ClH/c1-3-22-12-13-4-6-14(7-5-13)18-15(19)16(23(2,20)21)8-10-17-11-9-16;/h4-7,17H,3,8-12H2,1-2H3,(H,18,19);1H. The fourth-order valence-electron chi connectivity index (χ4n) is 2.75. The lowest BCUT2D eigenvalue weighted by Crippen LogP contribution is -2.55. The van der Waals surface area contributed by atoms with Gasteiger partial charge in [0.1, 0.15) is 0 Å². The Morgan fingerprint density at radius 3 is 2.33 bits per heavy atom. The Labute approximate surface area is 149 Å². The monoisotopic (exact) mass is 376 g/mol. The first-order chi connectivity index (χ1) is 10.9. The van der Waals surface area contributed by atoms with Gasteiger partial charge in [0.2, 0.25) is 5.91 Å². The van der Waals surface area contributed by atoms with Gasteiger partial charge < -0.3 is 15.4 Å². The summed E-state index contributed by atoms with van der Waals surface area (Å²) in [6.07, 6.45) is 1.73. The number of anilines is 1. The second-order valence-electron chi connectivity index (χ2n) is 5.80. The average molecular weight is 377 g/mol. The molecule has 136 valence electrons. The molecule has 1 aliphatic rings. The van der Waals surface area contributed by atoms with Crippen LogP contribution in [0.25, 0.3) is 0 Å². The van der Waals surface area contributed by atoms with Crippen molar-refractivity contribution in [2.75, 3.05) is 31.3 Å². The van der Waals surface area contributed by atoms with Crippen molar-refractivity contribution in [1.29, 1.82) is 0 Å². The highest BCUT2D eigenvalue weighted by molar-refractivity contribution is 7.92. The number of sulfone groups is 1. The summed E-state index contributed by atoms with van der Waals surface area (Å²) < 4.78 is 28.4. The molecule has 0 radical (unpaired) electrons. The van der Waals surface area contributed by atoms with Crippen LogP contribution in [-0.2, 0) is 26.0 Å². The third kappa shape index (κ3) is 4.69. The van der Waals surface area contributed by atoms with Crippen molar-refractivity contribution in [3.8, 4) is 0 Å². The van der Waals surface area contributed by atoms with E-state index in [4.69, 9.17) is 4.74 Å². The summed E-state index contributed by atoms with van der Waals surface area (Å²) in [6, 6.07) is 7.26. The molecule has 24 heavy (non-hydrogen) atoms. The number of rotatable bonds is 6. The van der Waals surface area contributed by atoms with Gasteiger partial charge in [0.05, 0.1) is 6.61 Å².